The molecule has 1 N–H and O–H groups in total. The summed E-state index contributed by atoms with van der Waals surface area (Å²) in [5.41, 5.74) is 0.551. The highest BCUT2D eigenvalue weighted by Crippen LogP contribution is 2.32. The van der Waals surface area contributed by atoms with Gasteiger partial charge in [-0.25, -0.2) is 0 Å². The number of ether oxygens (including phenoxy) is 1. The maximum atomic E-state index is 13.5. The highest BCUT2D eigenvalue weighted by Gasteiger charge is 2.31. The first kappa shape index (κ1) is 32.3. The topological polar surface area (TPSA) is 54.5 Å². The number of fused-ring (bicyclic) bond motifs is 23. The van der Waals surface area contributed by atoms with E-state index in [-0.39, 0.29) is 11.9 Å². The minimum Gasteiger partial charge on any atom is -0.495 e. The summed E-state index contributed by atoms with van der Waals surface area (Å²) >= 11 is 1.36. The molecule has 3 saturated heterocycles. The van der Waals surface area contributed by atoms with Crippen molar-refractivity contribution in [1.29, 1.82) is 0 Å². The number of carbonyl (C=O) groups excluding carboxylic acids is 1. The van der Waals surface area contributed by atoms with Crippen molar-refractivity contribution in [2.45, 2.75) is 141 Å². The van der Waals surface area contributed by atoms with Crippen LogP contribution in [-0.4, -0.2) is 48.0 Å². The van der Waals surface area contributed by atoms with Crippen LogP contribution in [0.5, 0.6) is 5.75 Å². The minimum absolute atomic E-state index is 0.0229. The van der Waals surface area contributed by atoms with Crippen LogP contribution >= 0.6 is 11.5 Å². The van der Waals surface area contributed by atoms with Gasteiger partial charge >= 0.3 is 0 Å². The number of benzene rings is 1. The van der Waals surface area contributed by atoms with Crippen molar-refractivity contribution >= 4 is 27.5 Å². The van der Waals surface area contributed by atoms with Crippen LogP contribution in [-0.2, 0) is 0 Å². The second kappa shape index (κ2) is 18.8. The van der Waals surface area contributed by atoms with E-state index in [1.807, 2.05) is 18.2 Å². The molecular weight excluding hydrogens is 526 g/mol. The van der Waals surface area contributed by atoms with Gasteiger partial charge in [-0.1, -0.05) is 128 Å². The van der Waals surface area contributed by atoms with Crippen LogP contribution in [0.1, 0.15) is 145 Å². The van der Waals surface area contributed by atoms with Gasteiger partial charge in [0.05, 0.1) is 11.8 Å². The van der Waals surface area contributed by atoms with E-state index >= 15 is 0 Å². The summed E-state index contributed by atoms with van der Waals surface area (Å²) in [6.07, 6.45) is 28.9. The van der Waals surface area contributed by atoms with E-state index in [0.29, 0.717) is 11.6 Å². The summed E-state index contributed by atoms with van der Waals surface area (Å²) in [7, 11) is 1.68. The number of rotatable bonds is 3. The lowest BCUT2D eigenvalue weighted by Crippen LogP contribution is -2.52. The predicted octanol–water partition coefficient (Wildman–Crippen LogP) is 9.54. The van der Waals surface area contributed by atoms with E-state index in [0.717, 1.165) is 28.9 Å². The zero-order valence-corrected chi connectivity index (χ0v) is 26.8. The largest absolute Gasteiger partial charge is 0.495 e. The molecule has 1 amide bonds. The van der Waals surface area contributed by atoms with E-state index in [1.165, 1.54) is 153 Å². The molecule has 3 fully saturated rings. The number of nitrogens with one attached hydrogen (secondary N) is 1. The van der Waals surface area contributed by atoms with Crippen LogP contribution in [0.25, 0.3) is 10.1 Å². The molecule has 1 aromatic carbocycles. The van der Waals surface area contributed by atoms with Crippen LogP contribution in [0.2, 0.25) is 0 Å². The molecule has 4 heterocycles. The highest BCUT2D eigenvalue weighted by atomic mass is 32.1. The molecule has 6 heteroatoms. The van der Waals surface area contributed by atoms with Gasteiger partial charge in [-0.15, -0.1) is 0 Å². The Bertz CT molecular complexity index is 1000. The number of piperidine rings is 1. The molecule has 3 aliphatic heterocycles. The van der Waals surface area contributed by atoms with Gasteiger partial charge in [0.1, 0.15) is 11.4 Å². The van der Waals surface area contributed by atoms with Crippen LogP contribution in [0.4, 0.5) is 0 Å². The summed E-state index contributed by atoms with van der Waals surface area (Å²) in [5, 5.41) is 4.37. The average molecular weight is 584 g/mol. The van der Waals surface area contributed by atoms with Crippen molar-refractivity contribution in [3.8, 4) is 5.75 Å². The number of methoxy groups -OCH3 is 1. The van der Waals surface area contributed by atoms with Gasteiger partial charge in [0.15, 0.2) is 0 Å². The molecule has 5 nitrogen and oxygen atoms in total. The fraction of sp³-hybridized carbons (Fsp3) is 0.771. The number of aromatic nitrogens is 1. The molecular formula is C35H57N3O2S. The molecule has 0 saturated carbocycles. The molecule has 3 unspecified atom stereocenters. The predicted molar refractivity (Wildman–Crippen MR) is 174 cm³/mol. The average Bonchev–Trinajstić information content (AvgIpc) is 3.43. The second-order valence-electron chi connectivity index (χ2n) is 12.8. The zero-order valence-electron chi connectivity index (χ0n) is 26.0. The third-order valence-corrected chi connectivity index (χ3v) is 10.5. The van der Waals surface area contributed by atoms with Crippen LogP contribution in [0, 0.1) is 5.92 Å². The molecule has 1 aromatic heterocycles. The summed E-state index contributed by atoms with van der Waals surface area (Å²) in [6, 6.07) is 6.09. The van der Waals surface area contributed by atoms with Crippen molar-refractivity contribution in [1.82, 2.24) is 14.6 Å². The number of nitrogens with zero attached hydrogens (tertiary/aromatic N) is 2. The molecule has 3 aliphatic rings. The maximum Gasteiger partial charge on any atom is 0.271 e. The van der Waals surface area contributed by atoms with E-state index in [2.05, 4.69) is 14.6 Å². The van der Waals surface area contributed by atoms with Crippen molar-refractivity contribution in [2.24, 2.45) is 5.92 Å². The van der Waals surface area contributed by atoms with Crippen molar-refractivity contribution < 1.29 is 9.53 Å². The third kappa shape index (κ3) is 10.8. The lowest BCUT2D eigenvalue weighted by atomic mass is 9.86. The lowest BCUT2D eigenvalue weighted by Gasteiger charge is -2.39. The van der Waals surface area contributed by atoms with Gasteiger partial charge in [0.2, 0.25) is 0 Å². The standard InChI is InChI=1S/C35H57N3O2S/c1-40-32-24-21-23-30-33(37-41-34(30)32)35(39)36-31-28-38-26-20-18-16-14-12-10-8-6-4-2-3-5-7-9-11-13-15-17-19-22-29(31)25-27-38/h21,23-24,29,31H,2-20,22,25-28H2,1H3,(H,36,39). The number of amides is 1. The molecule has 3 atom stereocenters. The van der Waals surface area contributed by atoms with Crippen LogP contribution < -0.4 is 10.1 Å². The number of carbonyl (C=O) groups is 1. The first-order chi connectivity index (χ1) is 20.3. The Balaban J connectivity index is 1.32. The summed E-state index contributed by atoms with van der Waals surface area (Å²) < 4.78 is 11.0. The van der Waals surface area contributed by atoms with E-state index in [4.69, 9.17) is 4.74 Å². The SMILES string of the molecule is COc1cccc2c(C(=O)NC3CN4CCCCCCCCCCCCCCCCCCCCCC3CC4)nsc12. The quantitative estimate of drug-likeness (QED) is 0.391. The Labute approximate surface area is 254 Å². The molecule has 0 spiro atoms. The first-order valence-electron chi connectivity index (χ1n) is 17.2. The third-order valence-electron chi connectivity index (χ3n) is 9.60. The molecule has 0 aliphatic carbocycles. The lowest BCUT2D eigenvalue weighted by molar-refractivity contribution is 0.0833. The van der Waals surface area contributed by atoms with Crippen molar-refractivity contribution in [3.05, 3.63) is 23.9 Å². The van der Waals surface area contributed by atoms with Gasteiger partial charge in [-0.05, 0) is 55.9 Å². The Morgan fingerprint density at radius 2 is 1.34 bits per heavy atom. The van der Waals surface area contributed by atoms with E-state index in [9.17, 15) is 4.79 Å². The fourth-order valence-corrected chi connectivity index (χ4v) is 7.89. The van der Waals surface area contributed by atoms with Crippen molar-refractivity contribution in [3.63, 3.8) is 0 Å². The van der Waals surface area contributed by atoms with Gasteiger partial charge in [-0.3, -0.25) is 4.79 Å². The summed E-state index contributed by atoms with van der Waals surface area (Å²) in [5.74, 6) is 1.33. The monoisotopic (exact) mass is 583 g/mol. The summed E-state index contributed by atoms with van der Waals surface area (Å²) in [4.78, 5) is 16.2. The van der Waals surface area contributed by atoms with Gasteiger partial charge in [-0.2, -0.15) is 4.37 Å². The van der Waals surface area contributed by atoms with Crippen LogP contribution in [0.15, 0.2) is 18.2 Å². The minimum atomic E-state index is -0.0229. The van der Waals surface area contributed by atoms with Crippen LogP contribution in [0.3, 0.4) is 0 Å². The highest BCUT2D eigenvalue weighted by molar-refractivity contribution is 7.14. The zero-order chi connectivity index (χ0) is 28.5. The smallest absolute Gasteiger partial charge is 0.271 e. The normalized spacial score (nSPS) is 25.6. The Hall–Kier alpha value is -1.66. The van der Waals surface area contributed by atoms with E-state index < -0.39 is 0 Å². The Morgan fingerprint density at radius 1 is 0.780 bits per heavy atom. The van der Waals surface area contributed by atoms with Crippen molar-refractivity contribution in [2.75, 3.05) is 26.7 Å². The molecule has 2 bridgehead atoms. The Morgan fingerprint density at radius 3 is 1.93 bits per heavy atom. The fourth-order valence-electron chi connectivity index (χ4n) is 7.03. The maximum absolute atomic E-state index is 13.5. The molecule has 2 aromatic rings. The van der Waals surface area contributed by atoms with E-state index in [1.54, 1.807) is 7.11 Å². The second-order valence-corrected chi connectivity index (χ2v) is 13.6. The van der Waals surface area contributed by atoms with Gasteiger partial charge < -0.3 is 15.0 Å². The molecule has 230 valence electrons. The molecule has 41 heavy (non-hydrogen) atoms. The molecule has 0 radical (unpaired) electrons. The molecule has 5 rings (SSSR count). The first-order valence-corrected chi connectivity index (χ1v) is 18.0. The summed E-state index contributed by atoms with van der Waals surface area (Å²) in [6.45, 7) is 3.31. The number of hydrogen-bond donors (Lipinski definition) is 1. The Kier molecular flexibility index (Phi) is 14.8. The van der Waals surface area contributed by atoms with Gasteiger partial charge in [0, 0.05) is 18.0 Å². The number of hydrogen-bond acceptors (Lipinski definition) is 5. The van der Waals surface area contributed by atoms with Gasteiger partial charge in [0.25, 0.3) is 5.91 Å².